The molecule has 1 heterocycles. The van der Waals surface area contributed by atoms with Gasteiger partial charge in [-0.2, -0.15) is 0 Å². The maximum atomic E-state index is 12.2. The van der Waals surface area contributed by atoms with Crippen LogP contribution in [0.1, 0.15) is 21.6 Å². The van der Waals surface area contributed by atoms with E-state index in [1.54, 1.807) is 0 Å². The van der Waals surface area contributed by atoms with Crippen LogP contribution in [0, 0.1) is 13.8 Å². The number of esters is 1. The first-order chi connectivity index (χ1) is 11.3. The molecular formula is C19H29N3O2. The van der Waals surface area contributed by atoms with Crippen molar-refractivity contribution in [1.29, 1.82) is 0 Å². The lowest BCUT2D eigenvalue weighted by Crippen LogP contribution is -2.20. The summed E-state index contributed by atoms with van der Waals surface area (Å²) in [6, 6.07) is 5.86. The molecule has 132 valence electrons. The Hall–Kier alpha value is -1.85. The van der Waals surface area contributed by atoms with Gasteiger partial charge < -0.3 is 19.1 Å². The van der Waals surface area contributed by atoms with Gasteiger partial charge >= 0.3 is 5.97 Å². The SMILES string of the molecule is Cc1c(C)n(CCN(C)C)c2ccc(C(=O)OCCN(C)C)cc12. The van der Waals surface area contributed by atoms with Crippen LogP contribution in [0.4, 0.5) is 0 Å². The van der Waals surface area contributed by atoms with Gasteiger partial charge in [-0.25, -0.2) is 4.79 Å². The average molecular weight is 331 g/mol. The van der Waals surface area contributed by atoms with E-state index in [1.807, 2.05) is 37.2 Å². The molecule has 1 aromatic carbocycles. The van der Waals surface area contributed by atoms with Crippen molar-refractivity contribution < 1.29 is 9.53 Å². The Morgan fingerprint density at radius 1 is 1.08 bits per heavy atom. The second-order valence-electron chi connectivity index (χ2n) is 6.84. The van der Waals surface area contributed by atoms with E-state index >= 15 is 0 Å². The Morgan fingerprint density at radius 2 is 1.75 bits per heavy atom. The minimum atomic E-state index is -0.253. The molecule has 0 aliphatic carbocycles. The van der Waals surface area contributed by atoms with Gasteiger partial charge in [0.15, 0.2) is 0 Å². The van der Waals surface area contributed by atoms with Crippen molar-refractivity contribution >= 4 is 16.9 Å². The number of carbonyl (C=O) groups excluding carboxylic acids is 1. The van der Waals surface area contributed by atoms with Crippen LogP contribution in [0.25, 0.3) is 10.9 Å². The molecule has 0 spiro atoms. The van der Waals surface area contributed by atoms with Gasteiger partial charge in [-0.05, 0) is 65.8 Å². The van der Waals surface area contributed by atoms with Gasteiger partial charge in [0.2, 0.25) is 0 Å². The average Bonchev–Trinajstić information content (AvgIpc) is 2.76. The number of hydrogen-bond donors (Lipinski definition) is 0. The highest BCUT2D eigenvalue weighted by Crippen LogP contribution is 2.26. The summed E-state index contributed by atoms with van der Waals surface area (Å²) in [7, 11) is 8.08. The lowest BCUT2D eigenvalue weighted by Gasteiger charge is -2.13. The van der Waals surface area contributed by atoms with E-state index in [4.69, 9.17) is 4.74 Å². The number of hydrogen-bond acceptors (Lipinski definition) is 4. The molecule has 5 heteroatoms. The molecule has 2 rings (SSSR count). The van der Waals surface area contributed by atoms with E-state index in [2.05, 4.69) is 37.4 Å². The van der Waals surface area contributed by atoms with Gasteiger partial charge in [0.1, 0.15) is 6.61 Å². The predicted molar refractivity (Wildman–Crippen MR) is 98.8 cm³/mol. The standard InChI is InChI=1S/C19H29N3O2/c1-14-15(2)22(10-9-20(3)4)18-8-7-16(13-17(14)18)19(23)24-12-11-21(5)6/h7-8,13H,9-12H2,1-6H3. The molecule has 0 N–H and O–H groups in total. The molecule has 0 amide bonds. The van der Waals surface area contributed by atoms with Gasteiger partial charge in [0.25, 0.3) is 0 Å². The number of carbonyl (C=O) groups is 1. The molecule has 2 aromatic rings. The maximum Gasteiger partial charge on any atom is 0.338 e. The van der Waals surface area contributed by atoms with Gasteiger partial charge in [0, 0.05) is 36.2 Å². The number of aromatic nitrogens is 1. The van der Waals surface area contributed by atoms with Crippen LogP contribution >= 0.6 is 0 Å². The monoisotopic (exact) mass is 331 g/mol. The first-order valence-corrected chi connectivity index (χ1v) is 8.37. The predicted octanol–water partition coefficient (Wildman–Crippen LogP) is 2.54. The number of nitrogens with zero attached hydrogens (tertiary/aromatic N) is 3. The molecule has 1 aromatic heterocycles. The highest BCUT2D eigenvalue weighted by molar-refractivity contribution is 5.96. The molecule has 0 saturated heterocycles. The van der Waals surface area contributed by atoms with Crippen molar-refractivity contribution in [3.05, 3.63) is 35.0 Å². The Bertz CT molecular complexity index is 717. The van der Waals surface area contributed by atoms with Crippen molar-refractivity contribution in [1.82, 2.24) is 14.4 Å². The van der Waals surface area contributed by atoms with E-state index in [0.717, 1.165) is 25.0 Å². The minimum Gasteiger partial charge on any atom is -0.461 e. The summed E-state index contributed by atoms with van der Waals surface area (Å²) in [5.41, 5.74) is 4.28. The van der Waals surface area contributed by atoms with Crippen LogP contribution in [0.15, 0.2) is 18.2 Å². The van der Waals surface area contributed by atoms with Crippen molar-refractivity contribution in [2.24, 2.45) is 0 Å². The Kier molecular flexibility index (Phi) is 6.02. The zero-order chi connectivity index (χ0) is 17.9. The van der Waals surface area contributed by atoms with Gasteiger partial charge in [-0.15, -0.1) is 0 Å². The molecule has 0 fully saturated rings. The van der Waals surface area contributed by atoms with Gasteiger partial charge in [-0.1, -0.05) is 0 Å². The third-order valence-electron chi connectivity index (χ3n) is 4.42. The highest BCUT2D eigenvalue weighted by Gasteiger charge is 2.14. The van der Waals surface area contributed by atoms with E-state index in [9.17, 15) is 4.79 Å². The molecule has 0 saturated carbocycles. The molecule has 0 aliphatic heterocycles. The van der Waals surface area contributed by atoms with Crippen LogP contribution in [0.2, 0.25) is 0 Å². The zero-order valence-electron chi connectivity index (χ0n) is 15.7. The largest absolute Gasteiger partial charge is 0.461 e. The number of rotatable bonds is 7. The Balaban J connectivity index is 2.24. The van der Waals surface area contributed by atoms with Crippen LogP contribution in [0.5, 0.6) is 0 Å². The molecule has 0 atom stereocenters. The van der Waals surface area contributed by atoms with Gasteiger partial charge in [0.05, 0.1) is 5.56 Å². The van der Waals surface area contributed by atoms with Crippen molar-refractivity contribution in [2.75, 3.05) is 47.9 Å². The molecule has 5 nitrogen and oxygen atoms in total. The summed E-state index contributed by atoms with van der Waals surface area (Å²) in [4.78, 5) is 16.4. The number of ether oxygens (including phenoxy) is 1. The summed E-state index contributed by atoms with van der Waals surface area (Å²) < 4.78 is 7.67. The molecule has 0 radical (unpaired) electrons. The van der Waals surface area contributed by atoms with E-state index < -0.39 is 0 Å². The third-order valence-corrected chi connectivity index (χ3v) is 4.42. The van der Waals surface area contributed by atoms with Gasteiger partial charge in [-0.3, -0.25) is 0 Å². The first kappa shape index (κ1) is 18.5. The van der Waals surface area contributed by atoms with Crippen LogP contribution in [-0.2, 0) is 11.3 Å². The number of likely N-dealkylation sites (N-methyl/N-ethyl adjacent to an activating group) is 2. The van der Waals surface area contributed by atoms with E-state index in [0.29, 0.717) is 12.2 Å². The zero-order valence-corrected chi connectivity index (χ0v) is 15.7. The quantitative estimate of drug-likeness (QED) is 0.731. The van der Waals surface area contributed by atoms with Crippen LogP contribution in [-0.4, -0.2) is 68.2 Å². The Morgan fingerprint density at radius 3 is 2.38 bits per heavy atom. The fraction of sp³-hybridized carbons (Fsp3) is 0.526. The van der Waals surface area contributed by atoms with E-state index in [-0.39, 0.29) is 5.97 Å². The Labute approximate surface area is 144 Å². The second-order valence-corrected chi connectivity index (χ2v) is 6.84. The fourth-order valence-corrected chi connectivity index (χ4v) is 2.77. The first-order valence-electron chi connectivity index (χ1n) is 8.37. The highest BCUT2D eigenvalue weighted by atomic mass is 16.5. The van der Waals surface area contributed by atoms with E-state index in [1.165, 1.54) is 16.8 Å². The molecule has 0 aliphatic rings. The summed E-state index contributed by atoms with van der Waals surface area (Å²) in [6.07, 6.45) is 0. The summed E-state index contributed by atoms with van der Waals surface area (Å²) in [5.74, 6) is -0.253. The molecular weight excluding hydrogens is 302 g/mol. The summed E-state index contributed by atoms with van der Waals surface area (Å²) in [5, 5.41) is 1.13. The lowest BCUT2D eigenvalue weighted by atomic mass is 10.1. The number of aryl methyl sites for hydroxylation is 1. The lowest BCUT2D eigenvalue weighted by molar-refractivity contribution is 0.0482. The third kappa shape index (κ3) is 4.16. The number of benzene rings is 1. The van der Waals surface area contributed by atoms with Crippen LogP contribution < -0.4 is 0 Å². The summed E-state index contributed by atoms with van der Waals surface area (Å²) >= 11 is 0. The molecule has 0 unspecified atom stereocenters. The molecule has 0 bridgehead atoms. The topological polar surface area (TPSA) is 37.7 Å². The van der Waals surface area contributed by atoms with Crippen molar-refractivity contribution in [3.63, 3.8) is 0 Å². The van der Waals surface area contributed by atoms with Crippen molar-refractivity contribution in [2.45, 2.75) is 20.4 Å². The minimum absolute atomic E-state index is 0.253. The van der Waals surface area contributed by atoms with Crippen LogP contribution in [0.3, 0.4) is 0 Å². The molecule has 24 heavy (non-hydrogen) atoms. The number of fused-ring (bicyclic) bond motifs is 1. The fourth-order valence-electron chi connectivity index (χ4n) is 2.77. The normalized spacial score (nSPS) is 11.7. The smallest absolute Gasteiger partial charge is 0.338 e. The maximum absolute atomic E-state index is 12.2. The van der Waals surface area contributed by atoms with Crippen molar-refractivity contribution in [3.8, 4) is 0 Å². The second kappa shape index (κ2) is 7.81. The summed E-state index contributed by atoms with van der Waals surface area (Å²) in [6.45, 7) is 7.32.